The Labute approximate surface area is 230 Å². The van der Waals surface area contributed by atoms with E-state index in [0.29, 0.717) is 18.5 Å². The fourth-order valence-electron chi connectivity index (χ4n) is 3.92. The number of rotatable bonds is 12. The maximum atomic E-state index is 13.2. The molecule has 2 rings (SSSR count). The van der Waals surface area contributed by atoms with Crippen LogP contribution in [0.1, 0.15) is 64.7 Å². The molecule has 0 spiro atoms. The molecule has 0 aliphatic rings. The lowest BCUT2D eigenvalue weighted by atomic mass is 9.87. The Morgan fingerprint density at radius 2 is 1.44 bits per heavy atom. The second kappa shape index (κ2) is 13.7. The van der Waals surface area contributed by atoms with Gasteiger partial charge in [0.2, 0.25) is 17.7 Å². The van der Waals surface area contributed by atoms with Crippen molar-refractivity contribution in [3.63, 3.8) is 0 Å². The summed E-state index contributed by atoms with van der Waals surface area (Å²) < 4.78 is 15.6. The van der Waals surface area contributed by atoms with E-state index in [1.807, 2.05) is 38.1 Å². The van der Waals surface area contributed by atoms with Crippen LogP contribution < -0.4 is 20.5 Å². The zero-order valence-electron chi connectivity index (χ0n) is 23.4. The number of phosphoric ester groups is 1. The molecule has 0 aromatic heterocycles. The van der Waals surface area contributed by atoms with Crippen LogP contribution in [0.5, 0.6) is 5.75 Å². The summed E-state index contributed by atoms with van der Waals surface area (Å²) in [7, 11) is -4.70. The van der Waals surface area contributed by atoms with E-state index in [-0.39, 0.29) is 29.4 Å². The number of benzene rings is 2. The number of carbonyl (C=O) groups is 3. The van der Waals surface area contributed by atoms with Crippen LogP contribution in [0, 0.1) is 5.92 Å². The lowest BCUT2D eigenvalue weighted by Crippen LogP contribution is -2.54. The molecule has 2 aromatic carbocycles. The standard InChI is InChI=1S/C28H40N3O7P/c1-18(2)15-24(26(33)29-17-21-7-11-22(12-8-21)28(4,5)6)31-27(34)25(30-19(3)32)16-20-9-13-23(14-10-20)38-39(35,36)37/h7-14,18,24-25H,15-17H2,1-6H3,(H,29,33)(H,30,32)(H,31,34)(H2,35,36,37)/t24-,25-/m0/s1. The van der Waals surface area contributed by atoms with E-state index in [4.69, 9.17) is 9.79 Å². The molecule has 0 fully saturated rings. The second-order valence-electron chi connectivity index (χ2n) is 11.0. The Hall–Kier alpha value is -3.20. The van der Waals surface area contributed by atoms with E-state index in [1.54, 1.807) is 0 Å². The van der Waals surface area contributed by atoms with Crippen molar-refractivity contribution in [3.05, 3.63) is 65.2 Å². The molecule has 214 valence electrons. The van der Waals surface area contributed by atoms with E-state index in [2.05, 4.69) is 41.2 Å². The molecule has 39 heavy (non-hydrogen) atoms. The summed E-state index contributed by atoms with van der Waals surface area (Å²) in [4.78, 5) is 56.0. The van der Waals surface area contributed by atoms with Crippen LogP contribution in [-0.4, -0.2) is 39.6 Å². The smallest absolute Gasteiger partial charge is 0.404 e. The van der Waals surface area contributed by atoms with Gasteiger partial charge in [-0.2, -0.15) is 0 Å². The largest absolute Gasteiger partial charge is 0.524 e. The molecular weight excluding hydrogens is 521 g/mol. The SMILES string of the molecule is CC(=O)N[C@@H](Cc1ccc(OP(=O)(O)O)cc1)C(=O)N[C@@H](CC(C)C)C(=O)NCc1ccc(C(C)(C)C)cc1. The maximum Gasteiger partial charge on any atom is 0.524 e. The van der Waals surface area contributed by atoms with Gasteiger partial charge in [-0.25, -0.2) is 4.57 Å². The molecule has 0 heterocycles. The minimum Gasteiger partial charge on any atom is -0.404 e. The van der Waals surface area contributed by atoms with E-state index >= 15 is 0 Å². The van der Waals surface area contributed by atoms with Gasteiger partial charge in [0.15, 0.2) is 0 Å². The molecule has 0 aliphatic heterocycles. The third-order valence-electron chi connectivity index (χ3n) is 5.91. The summed E-state index contributed by atoms with van der Waals surface area (Å²) in [5.74, 6) is -1.17. The summed E-state index contributed by atoms with van der Waals surface area (Å²) in [5, 5.41) is 8.31. The van der Waals surface area contributed by atoms with Crippen molar-refractivity contribution in [2.75, 3.05) is 0 Å². The van der Waals surface area contributed by atoms with Crippen LogP contribution in [0.3, 0.4) is 0 Å². The van der Waals surface area contributed by atoms with Crippen molar-refractivity contribution in [1.29, 1.82) is 0 Å². The number of hydrogen-bond donors (Lipinski definition) is 5. The maximum absolute atomic E-state index is 13.2. The van der Waals surface area contributed by atoms with Crippen LogP contribution in [0.15, 0.2) is 48.5 Å². The summed E-state index contributed by atoms with van der Waals surface area (Å²) in [6, 6.07) is 12.0. The molecule has 2 atom stereocenters. The van der Waals surface area contributed by atoms with Crippen LogP contribution in [0.2, 0.25) is 0 Å². The number of phosphoric acid groups is 1. The third-order valence-corrected chi connectivity index (χ3v) is 6.36. The Bertz CT molecular complexity index is 1170. The van der Waals surface area contributed by atoms with Crippen molar-refractivity contribution < 1.29 is 33.3 Å². The number of amides is 3. The van der Waals surface area contributed by atoms with Crippen molar-refractivity contribution in [1.82, 2.24) is 16.0 Å². The highest BCUT2D eigenvalue weighted by molar-refractivity contribution is 7.46. The Morgan fingerprint density at radius 1 is 0.872 bits per heavy atom. The summed E-state index contributed by atoms with van der Waals surface area (Å²) >= 11 is 0. The molecule has 11 heteroatoms. The van der Waals surface area contributed by atoms with E-state index in [1.165, 1.54) is 36.8 Å². The van der Waals surface area contributed by atoms with Crippen LogP contribution in [0.4, 0.5) is 0 Å². The number of nitrogens with one attached hydrogen (secondary N) is 3. The minimum absolute atomic E-state index is 0.0254. The number of hydrogen-bond acceptors (Lipinski definition) is 5. The minimum atomic E-state index is -4.70. The van der Waals surface area contributed by atoms with Gasteiger partial charge in [-0.15, -0.1) is 0 Å². The summed E-state index contributed by atoms with van der Waals surface area (Å²) in [6.07, 6.45) is 0.499. The van der Waals surface area contributed by atoms with E-state index < -0.39 is 31.7 Å². The molecule has 3 amide bonds. The molecule has 2 aromatic rings. The first-order valence-electron chi connectivity index (χ1n) is 12.8. The van der Waals surface area contributed by atoms with Gasteiger partial charge >= 0.3 is 7.82 Å². The van der Waals surface area contributed by atoms with E-state index in [0.717, 1.165) is 5.56 Å². The molecule has 0 aliphatic carbocycles. The van der Waals surface area contributed by atoms with Gasteiger partial charge in [-0.1, -0.05) is 71.0 Å². The number of carbonyl (C=O) groups excluding carboxylic acids is 3. The molecule has 0 saturated heterocycles. The highest BCUT2D eigenvalue weighted by Gasteiger charge is 2.27. The molecule has 0 unspecified atom stereocenters. The average molecular weight is 562 g/mol. The predicted molar refractivity (Wildman–Crippen MR) is 149 cm³/mol. The van der Waals surface area contributed by atoms with Crippen LogP contribution >= 0.6 is 7.82 Å². The van der Waals surface area contributed by atoms with Crippen molar-refractivity contribution >= 4 is 25.5 Å². The quantitative estimate of drug-likeness (QED) is 0.249. The van der Waals surface area contributed by atoms with Gasteiger partial charge < -0.3 is 20.5 Å². The Kier molecular flexibility index (Phi) is 11.3. The summed E-state index contributed by atoms with van der Waals surface area (Å²) in [5.41, 5.74) is 2.77. The van der Waals surface area contributed by atoms with Crippen LogP contribution in [-0.2, 0) is 37.3 Å². The molecule has 0 bridgehead atoms. The van der Waals surface area contributed by atoms with Crippen molar-refractivity contribution in [2.24, 2.45) is 5.92 Å². The molecular formula is C28H40N3O7P. The first-order valence-corrected chi connectivity index (χ1v) is 14.3. The first kappa shape index (κ1) is 32.0. The van der Waals surface area contributed by atoms with E-state index in [9.17, 15) is 18.9 Å². The van der Waals surface area contributed by atoms with Crippen LogP contribution in [0.25, 0.3) is 0 Å². The zero-order chi connectivity index (χ0) is 29.4. The summed E-state index contributed by atoms with van der Waals surface area (Å²) in [6.45, 7) is 11.9. The second-order valence-corrected chi connectivity index (χ2v) is 12.2. The predicted octanol–water partition coefficient (Wildman–Crippen LogP) is 3.35. The average Bonchev–Trinajstić information content (AvgIpc) is 2.81. The van der Waals surface area contributed by atoms with Gasteiger partial charge in [0.1, 0.15) is 17.8 Å². The fraction of sp³-hybridized carbons (Fsp3) is 0.464. The first-order chi connectivity index (χ1) is 18.0. The fourth-order valence-corrected chi connectivity index (χ4v) is 4.32. The van der Waals surface area contributed by atoms with Gasteiger partial charge in [0.05, 0.1) is 0 Å². The van der Waals surface area contributed by atoms with Crippen molar-refractivity contribution in [3.8, 4) is 5.75 Å². The Balaban J connectivity index is 2.09. The Morgan fingerprint density at radius 3 is 1.92 bits per heavy atom. The molecule has 0 radical (unpaired) electrons. The third kappa shape index (κ3) is 11.6. The highest BCUT2D eigenvalue weighted by atomic mass is 31.2. The zero-order valence-corrected chi connectivity index (χ0v) is 24.2. The monoisotopic (exact) mass is 561 g/mol. The van der Waals surface area contributed by atoms with Gasteiger partial charge in [0.25, 0.3) is 0 Å². The lowest BCUT2D eigenvalue weighted by Gasteiger charge is -2.24. The molecule has 10 nitrogen and oxygen atoms in total. The highest BCUT2D eigenvalue weighted by Crippen LogP contribution is 2.37. The normalized spacial score (nSPS) is 13.4. The topological polar surface area (TPSA) is 154 Å². The van der Waals surface area contributed by atoms with Gasteiger partial charge in [-0.3, -0.25) is 24.2 Å². The van der Waals surface area contributed by atoms with Gasteiger partial charge in [-0.05, 0) is 46.6 Å². The van der Waals surface area contributed by atoms with Crippen molar-refractivity contribution in [2.45, 2.75) is 78.4 Å². The molecule has 0 saturated carbocycles. The lowest BCUT2D eigenvalue weighted by molar-refractivity contribution is -0.132. The molecule has 5 N–H and O–H groups in total. The van der Waals surface area contributed by atoms with Gasteiger partial charge in [0, 0.05) is 19.9 Å².